The predicted molar refractivity (Wildman–Crippen MR) is 84.1 cm³/mol. The number of esters is 1. The lowest BCUT2D eigenvalue weighted by molar-refractivity contribution is -0.147. The second-order valence-corrected chi connectivity index (χ2v) is 7.40. The van der Waals surface area contributed by atoms with E-state index in [-0.39, 0.29) is 0 Å². The zero-order valence-corrected chi connectivity index (χ0v) is 14.6. The van der Waals surface area contributed by atoms with Gasteiger partial charge in [-0.2, -0.15) is 0 Å². The van der Waals surface area contributed by atoms with Crippen LogP contribution in [0.5, 0.6) is 0 Å². The molecule has 24 heavy (non-hydrogen) atoms. The number of hydrogen-bond acceptors (Lipinski definition) is 6. The third-order valence-electron chi connectivity index (χ3n) is 4.21. The summed E-state index contributed by atoms with van der Waals surface area (Å²) in [4.78, 5) is 26.2. The lowest BCUT2D eigenvalue weighted by Gasteiger charge is -2.34. The average Bonchev–Trinajstić information content (AvgIpc) is 3.23. The molecule has 1 saturated carbocycles. The van der Waals surface area contributed by atoms with Gasteiger partial charge in [-0.1, -0.05) is 5.21 Å². The highest BCUT2D eigenvalue weighted by Crippen LogP contribution is 2.34. The quantitative estimate of drug-likeness (QED) is 0.781. The zero-order valence-electron chi connectivity index (χ0n) is 14.6. The highest BCUT2D eigenvalue weighted by Gasteiger charge is 2.42. The molecule has 2 aliphatic rings. The van der Waals surface area contributed by atoms with E-state index in [0.717, 1.165) is 12.2 Å². The van der Waals surface area contributed by atoms with E-state index in [1.807, 2.05) is 4.68 Å². The van der Waals surface area contributed by atoms with E-state index in [4.69, 9.17) is 9.47 Å². The van der Waals surface area contributed by atoms with Crippen LogP contribution in [0.2, 0.25) is 0 Å². The molecule has 3 rings (SSSR count). The number of hydrogen-bond donors (Lipinski definition) is 0. The van der Waals surface area contributed by atoms with Gasteiger partial charge < -0.3 is 9.47 Å². The van der Waals surface area contributed by atoms with Crippen LogP contribution in [-0.2, 0) is 27.2 Å². The number of methoxy groups -OCH3 is 1. The van der Waals surface area contributed by atoms with Crippen LogP contribution >= 0.6 is 0 Å². The molecule has 0 bridgehead atoms. The van der Waals surface area contributed by atoms with E-state index < -0.39 is 23.7 Å². The normalized spacial score (nSPS) is 20.5. The van der Waals surface area contributed by atoms with Crippen LogP contribution in [0.25, 0.3) is 0 Å². The average molecular weight is 336 g/mol. The fourth-order valence-corrected chi connectivity index (χ4v) is 2.88. The number of aromatic nitrogens is 3. The van der Waals surface area contributed by atoms with Crippen LogP contribution < -0.4 is 0 Å². The number of nitrogens with zero attached hydrogens (tertiary/aromatic N) is 4. The molecule has 1 aliphatic carbocycles. The minimum absolute atomic E-state index is 0.375. The maximum atomic E-state index is 12.5. The molecule has 8 nitrogen and oxygen atoms in total. The number of rotatable bonds is 3. The minimum Gasteiger partial charge on any atom is -0.467 e. The Morgan fingerprint density at radius 2 is 2.00 bits per heavy atom. The smallest absolute Gasteiger partial charge is 0.411 e. The van der Waals surface area contributed by atoms with E-state index in [1.54, 1.807) is 20.8 Å². The van der Waals surface area contributed by atoms with Gasteiger partial charge in [-0.15, -0.1) is 5.10 Å². The van der Waals surface area contributed by atoms with Crippen LogP contribution in [-0.4, -0.2) is 51.2 Å². The maximum Gasteiger partial charge on any atom is 0.411 e. The molecule has 1 aromatic heterocycles. The van der Waals surface area contributed by atoms with Gasteiger partial charge >= 0.3 is 12.1 Å². The molecule has 1 amide bonds. The number of carbonyl (C=O) groups excluding carboxylic acids is 2. The van der Waals surface area contributed by atoms with Gasteiger partial charge in [-0.25, -0.2) is 14.3 Å². The van der Waals surface area contributed by atoms with E-state index in [0.29, 0.717) is 24.6 Å². The fraction of sp³-hybridized carbons (Fsp3) is 0.750. The van der Waals surface area contributed by atoms with Gasteiger partial charge in [0.05, 0.1) is 12.8 Å². The summed E-state index contributed by atoms with van der Waals surface area (Å²) in [6, 6.07) is -0.901. The molecule has 0 radical (unpaired) electrons. The molecule has 132 valence electrons. The van der Waals surface area contributed by atoms with Gasteiger partial charge in [-0.3, -0.25) is 4.90 Å². The summed E-state index contributed by atoms with van der Waals surface area (Å²) >= 11 is 0. The van der Waals surface area contributed by atoms with Crippen LogP contribution in [0.1, 0.15) is 51.0 Å². The molecule has 0 spiro atoms. The van der Waals surface area contributed by atoms with Crippen molar-refractivity contribution in [2.45, 2.75) is 58.2 Å². The van der Waals surface area contributed by atoms with E-state index in [2.05, 4.69) is 10.3 Å². The van der Waals surface area contributed by atoms with Crippen molar-refractivity contribution in [3.8, 4) is 0 Å². The van der Waals surface area contributed by atoms with Crippen LogP contribution in [0.4, 0.5) is 4.79 Å². The van der Waals surface area contributed by atoms with Crippen molar-refractivity contribution < 1.29 is 19.1 Å². The first-order valence-electron chi connectivity index (χ1n) is 8.30. The standard InChI is InChI=1S/C16H24N4O4/c1-16(2,3)24-15(22)19-8-7-11-12(13(19)14(21)23-4)17-18-20(11)9-10-5-6-10/h10,13H,5-9H2,1-4H3/t13-/m0/s1. The van der Waals surface area contributed by atoms with Gasteiger partial charge in [0.25, 0.3) is 0 Å². The van der Waals surface area contributed by atoms with Gasteiger partial charge in [0.2, 0.25) is 0 Å². The second kappa shape index (κ2) is 6.07. The van der Waals surface area contributed by atoms with Gasteiger partial charge in [0, 0.05) is 19.5 Å². The molecule has 0 unspecified atom stereocenters. The fourth-order valence-electron chi connectivity index (χ4n) is 2.88. The molecule has 0 aromatic carbocycles. The summed E-state index contributed by atoms with van der Waals surface area (Å²) in [6.45, 7) is 6.57. The van der Waals surface area contributed by atoms with Crippen molar-refractivity contribution in [2.75, 3.05) is 13.7 Å². The first-order valence-corrected chi connectivity index (χ1v) is 8.30. The molecule has 0 saturated heterocycles. The first kappa shape index (κ1) is 16.7. The third kappa shape index (κ3) is 3.37. The van der Waals surface area contributed by atoms with Crippen molar-refractivity contribution in [2.24, 2.45) is 5.92 Å². The largest absolute Gasteiger partial charge is 0.467 e. The SMILES string of the molecule is COC(=O)[C@@H]1c2nnn(CC3CC3)c2CCN1C(=O)OC(C)(C)C. The molecular weight excluding hydrogens is 312 g/mol. The maximum absolute atomic E-state index is 12.5. The number of amides is 1. The Bertz CT molecular complexity index is 645. The number of fused-ring (bicyclic) bond motifs is 1. The Labute approximate surface area is 141 Å². The summed E-state index contributed by atoms with van der Waals surface area (Å²) in [5, 5.41) is 8.37. The highest BCUT2D eigenvalue weighted by molar-refractivity contribution is 5.83. The molecule has 2 heterocycles. The topological polar surface area (TPSA) is 86.5 Å². The van der Waals surface area contributed by atoms with Crippen molar-refractivity contribution in [3.63, 3.8) is 0 Å². The Morgan fingerprint density at radius 1 is 1.29 bits per heavy atom. The molecule has 1 atom stereocenters. The monoisotopic (exact) mass is 336 g/mol. The van der Waals surface area contributed by atoms with Crippen molar-refractivity contribution in [1.29, 1.82) is 0 Å². The predicted octanol–water partition coefficient (Wildman–Crippen LogP) is 1.70. The van der Waals surface area contributed by atoms with Crippen LogP contribution in [0, 0.1) is 5.92 Å². The minimum atomic E-state index is -0.901. The van der Waals surface area contributed by atoms with Crippen LogP contribution in [0.15, 0.2) is 0 Å². The molecule has 0 N–H and O–H groups in total. The zero-order chi connectivity index (χ0) is 17.5. The second-order valence-electron chi connectivity index (χ2n) is 7.40. The van der Waals surface area contributed by atoms with Crippen molar-refractivity contribution >= 4 is 12.1 Å². The van der Waals surface area contributed by atoms with Crippen molar-refractivity contribution in [1.82, 2.24) is 19.9 Å². The molecular formula is C16H24N4O4. The van der Waals surface area contributed by atoms with E-state index in [9.17, 15) is 9.59 Å². The molecule has 8 heteroatoms. The lowest BCUT2D eigenvalue weighted by Crippen LogP contribution is -2.46. The highest BCUT2D eigenvalue weighted by atomic mass is 16.6. The molecule has 1 aliphatic heterocycles. The Kier molecular flexibility index (Phi) is 4.23. The van der Waals surface area contributed by atoms with Gasteiger partial charge in [0.1, 0.15) is 11.3 Å². The van der Waals surface area contributed by atoms with Crippen LogP contribution in [0.3, 0.4) is 0 Å². The number of ether oxygens (including phenoxy) is 2. The summed E-state index contributed by atoms with van der Waals surface area (Å²) in [7, 11) is 1.30. The third-order valence-corrected chi connectivity index (χ3v) is 4.21. The van der Waals surface area contributed by atoms with E-state index >= 15 is 0 Å². The Hall–Kier alpha value is -2.12. The molecule has 1 fully saturated rings. The summed E-state index contributed by atoms with van der Waals surface area (Å²) in [5.74, 6) is 0.122. The first-order chi connectivity index (χ1) is 11.3. The Morgan fingerprint density at radius 3 is 2.58 bits per heavy atom. The van der Waals surface area contributed by atoms with Gasteiger partial charge in [0.15, 0.2) is 6.04 Å². The molecule has 1 aromatic rings. The lowest BCUT2D eigenvalue weighted by atomic mass is 10.0. The summed E-state index contributed by atoms with van der Waals surface area (Å²) < 4.78 is 12.2. The van der Waals surface area contributed by atoms with Crippen molar-refractivity contribution in [3.05, 3.63) is 11.4 Å². The van der Waals surface area contributed by atoms with E-state index in [1.165, 1.54) is 24.9 Å². The summed E-state index contributed by atoms with van der Waals surface area (Å²) in [5.41, 5.74) is 0.776. The van der Waals surface area contributed by atoms with Gasteiger partial charge in [-0.05, 0) is 39.5 Å². The summed E-state index contributed by atoms with van der Waals surface area (Å²) in [6.07, 6.45) is 2.47. The Balaban J connectivity index is 1.88. The number of carbonyl (C=O) groups is 2.